The van der Waals surface area contributed by atoms with Gasteiger partial charge >= 0.3 is 5.97 Å². The first kappa shape index (κ1) is 19.0. The van der Waals surface area contributed by atoms with Gasteiger partial charge in [0.15, 0.2) is 0 Å². The number of rotatable bonds is 8. The molecule has 2 N–H and O–H groups in total. The summed E-state index contributed by atoms with van der Waals surface area (Å²) in [6, 6.07) is 14.6. The molecule has 0 spiro atoms. The van der Waals surface area contributed by atoms with Gasteiger partial charge in [-0.2, -0.15) is 0 Å². The minimum atomic E-state index is -1.60. The molecule has 2 aromatic carbocycles. The number of nitrogens with zero attached hydrogens (tertiary/aromatic N) is 1. The van der Waals surface area contributed by atoms with Crippen molar-refractivity contribution in [1.29, 1.82) is 0 Å². The zero-order chi connectivity index (χ0) is 18.9. The molecule has 0 heterocycles. The molecule has 0 aliphatic heterocycles. The third-order valence-corrected chi connectivity index (χ3v) is 3.45. The molecule has 0 fully saturated rings. The second kappa shape index (κ2) is 9.22. The topological polar surface area (TPSA) is 87.1 Å². The molecule has 26 heavy (non-hydrogen) atoms. The lowest BCUT2D eigenvalue weighted by Gasteiger charge is -2.21. The number of aliphatic hydroxyl groups is 1. The number of halogens is 1. The molecule has 0 bridgehead atoms. The maximum atomic E-state index is 13.0. The summed E-state index contributed by atoms with van der Waals surface area (Å²) < 4.78 is 18.6. The Bertz CT molecular complexity index is 774. The Hall–Kier alpha value is -3.35. The van der Waals surface area contributed by atoms with Crippen LogP contribution < -0.4 is 4.74 Å². The molecule has 0 unspecified atom stereocenters. The number of para-hydroxylation sites is 1. The average Bonchev–Trinajstić information content (AvgIpc) is 2.63. The van der Waals surface area contributed by atoms with Crippen LogP contribution in [0.15, 0.2) is 66.4 Å². The molecule has 0 radical (unpaired) electrons. The number of carboxylic acids is 1. The van der Waals surface area contributed by atoms with Crippen molar-refractivity contribution < 1.29 is 28.9 Å². The van der Waals surface area contributed by atoms with Crippen LogP contribution in [0, 0.1) is 5.82 Å². The van der Waals surface area contributed by atoms with Gasteiger partial charge in [0.25, 0.3) is 5.91 Å². The summed E-state index contributed by atoms with van der Waals surface area (Å²) in [5, 5.41) is 18.0. The first-order valence-electron chi connectivity index (χ1n) is 7.81. The van der Waals surface area contributed by atoms with Crippen molar-refractivity contribution in [1.82, 2.24) is 4.90 Å². The fourth-order valence-corrected chi connectivity index (χ4v) is 2.14. The third-order valence-electron chi connectivity index (χ3n) is 3.45. The van der Waals surface area contributed by atoms with E-state index in [9.17, 15) is 19.1 Å². The van der Waals surface area contributed by atoms with E-state index in [4.69, 9.17) is 9.84 Å². The first-order chi connectivity index (χ1) is 12.5. The van der Waals surface area contributed by atoms with Crippen molar-refractivity contribution in [2.45, 2.75) is 6.54 Å². The highest BCUT2D eigenvalue weighted by molar-refractivity contribution is 5.96. The number of hydrogen-bond acceptors (Lipinski definition) is 4. The van der Waals surface area contributed by atoms with E-state index < -0.39 is 23.5 Å². The number of hydrogen-bond donors (Lipinski definition) is 2. The largest absolute Gasteiger partial charge is 0.502 e. The Balaban J connectivity index is 2.06. The summed E-state index contributed by atoms with van der Waals surface area (Å²) in [6.07, 6.45) is 0.633. The summed E-state index contributed by atoms with van der Waals surface area (Å²) in [4.78, 5) is 24.3. The zero-order valence-corrected chi connectivity index (χ0v) is 13.8. The van der Waals surface area contributed by atoms with Gasteiger partial charge in [-0.3, -0.25) is 4.79 Å². The molecule has 7 heteroatoms. The molecular formula is C19H18FNO5. The van der Waals surface area contributed by atoms with E-state index in [1.807, 2.05) is 18.2 Å². The fourth-order valence-electron chi connectivity index (χ4n) is 2.14. The van der Waals surface area contributed by atoms with Crippen LogP contribution in [0.3, 0.4) is 0 Å². The molecule has 0 aliphatic rings. The van der Waals surface area contributed by atoms with Gasteiger partial charge in [0.05, 0.1) is 12.6 Å². The van der Waals surface area contributed by atoms with Crippen LogP contribution in [-0.2, 0) is 16.1 Å². The number of carbonyl (C=O) groups excluding carboxylic acids is 1. The third kappa shape index (κ3) is 5.94. The molecule has 1 amide bonds. The number of carboxylic acid groups (broad SMARTS) is 1. The maximum absolute atomic E-state index is 13.0. The summed E-state index contributed by atoms with van der Waals surface area (Å²) in [6.45, 7) is 0.424. The van der Waals surface area contributed by atoms with Gasteiger partial charge in [-0.1, -0.05) is 30.3 Å². The highest BCUT2D eigenvalue weighted by Gasteiger charge is 2.15. The number of carbonyl (C=O) groups is 2. The number of benzene rings is 2. The molecule has 0 aromatic heterocycles. The van der Waals surface area contributed by atoms with Crippen LogP contribution >= 0.6 is 0 Å². The van der Waals surface area contributed by atoms with E-state index in [0.29, 0.717) is 17.4 Å². The van der Waals surface area contributed by atoms with Crippen molar-refractivity contribution in [2.24, 2.45) is 0 Å². The second-order valence-electron chi connectivity index (χ2n) is 5.38. The van der Waals surface area contributed by atoms with Crippen LogP contribution in [0.1, 0.15) is 5.56 Å². The van der Waals surface area contributed by atoms with Crippen LogP contribution in [0.25, 0.3) is 0 Å². The highest BCUT2D eigenvalue weighted by Crippen LogP contribution is 2.11. The molecule has 6 nitrogen and oxygen atoms in total. The molecule has 2 aromatic rings. The van der Waals surface area contributed by atoms with Crippen molar-refractivity contribution in [2.75, 3.05) is 13.2 Å². The summed E-state index contributed by atoms with van der Waals surface area (Å²) in [5.41, 5.74) is 0.655. The molecule has 0 aliphatic carbocycles. The molecular weight excluding hydrogens is 341 g/mol. The van der Waals surface area contributed by atoms with Crippen molar-refractivity contribution in [3.05, 3.63) is 77.8 Å². The van der Waals surface area contributed by atoms with E-state index in [1.54, 1.807) is 12.1 Å². The van der Waals surface area contributed by atoms with Gasteiger partial charge in [0.1, 0.15) is 18.2 Å². The molecule has 0 atom stereocenters. The van der Waals surface area contributed by atoms with E-state index in [0.717, 1.165) is 0 Å². The summed E-state index contributed by atoms with van der Waals surface area (Å²) >= 11 is 0. The van der Waals surface area contributed by atoms with E-state index >= 15 is 0 Å². The van der Waals surface area contributed by atoms with Crippen molar-refractivity contribution >= 4 is 11.9 Å². The lowest BCUT2D eigenvalue weighted by Crippen LogP contribution is -2.33. The quantitative estimate of drug-likeness (QED) is 0.559. The minimum absolute atomic E-state index is 0.112. The van der Waals surface area contributed by atoms with Crippen LogP contribution in [0.2, 0.25) is 0 Å². The summed E-state index contributed by atoms with van der Waals surface area (Å²) in [5.74, 6) is -3.11. The number of amides is 1. The van der Waals surface area contributed by atoms with E-state index in [1.165, 1.54) is 29.2 Å². The highest BCUT2D eigenvalue weighted by atomic mass is 19.1. The van der Waals surface area contributed by atoms with Crippen LogP contribution in [0.5, 0.6) is 5.75 Å². The van der Waals surface area contributed by atoms with E-state index in [2.05, 4.69) is 0 Å². The number of aliphatic carboxylic acids is 1. The Morgan fingerprint density at radius 2 is 1.69 bits per heavy atom. The van der Waals surface area contributed by atoms with Gasteiger partial charge < -0.3 is 19.8 Å². The molecule has 136 valence electrons. The predicted molar refractivity (Wildman–Crippen MR) is 92.1 cm³/mol. The second-order valence-corrected chi connectivity index (χ2v) is 5.38. The van der Waals surface area contributed by atoms with E-state index in [-0.39, 0.29) is 19.7 Å². The Morgan fingerprint density at radius 1 is 1.04 bits per heavy atom. The zero-order valence-electron chi connectivity index (χ0n) is 13.8. The summed E-state index contributed by atoms with van der Waals surface area (Å²) in [7, 11) is 0. The lowest BCUT2D eigenvalue weighted by molar-refractivity contribution is -0.136. The Morgan fingerprint density at radius 3 is 2.31 bits per heavy atom. The fraction of sp³-hybridized carbons (Fsp3) is 0.158. The van der Waals surface area contributed by atoms with Gasteiger partial charge in [-0.05, 0) is 29.8 Å². The van der Waals surface area contributed by atoms with Crippen molar-refractivity contribution in [3.8, 4) is 5.75 Å². The van der Waals surface area contributed by atoms with Crippen molar-refractivity contribution in [3.63, 3.8) is 0 Å². The molecule has 0 saturated heterocycles. The van der Waals surface area contributed by atoms with Gasteiger partial charge in [0, 0.05) is 6.54 Å². The smallest absolute Gasteiger partial charge is 0.371 e. The van der Waals surface area contributed by atoms with Crippen LogP contribution in [-0.4, -0.2) is 40.1 Å². The number of aliphatic hydroxyl groups excluding tert-OH is 1. The molecule has 0 saturated carbocycles. The number of ether oxygens (including phenoxy) is 1. The maximum Gasteiger partial charge on any atom is 0.371 e. The first-order valence-corrected chi connectivity index (χ1v) is 7.81. The van der Waals surface area contributed by atoms with Gasteiger partial charge in [-0.15, -0.1) is 0 Å². The average molecular weight is 359 g/mol. The molecule has 2 rings (SSSR count). The monoisotopic (exact) mass is 359 g/mol. The van der Waals surface area contributed by atoms with Crippen LogP contribution in [0.4, 0.5) is 4.39 Å². The van der Waals surface area contributed by atoms with Gasteiger partial charge in [-0.25, -0.2) is 9.18 Å². The SMILES string of the molecule is O=C(O)/C(O)=C/C(=O)N(CCOc1ccccc1)Cc1ccc(F)cc1. The Labute approximate surface area is 149 Å². The standard InChI is InChI=1S/C19H18FNO5/c20-15-8-6-14(7-9-15)13-21(18(23)12-17(22)19(24)25)10-11-26-16-4-2-1-3-5-16/h1-9,12,22H,10-11,13H2,(H,24,25)/b17-12-. The van der Waals surface area contributed by atoms with Gasteiger partial charge in [0.2, 0.25) is 5.76 Å². The lowest BCUT2D eigenvalue weighted by atomic mass is 10.2. The normalized spacial score (nSPS) is 11.0. The predicted octanol–water partition coefficient (Wildman–Crippen LogP) is 2.76. The minimum Gasteiger partial charge on any atom is -0.502 e. The Kier molecular flexibility index (Phi) is 6.73.